The van der Waals surface area contributed by atoms with Crippen LogP contribution in [0.2, 0.25) is 0 Å². The summed E-state index contributed by atoms with van der Waals surface area (Å²) in [5.74, 6) is 0.680. The topological polar surface area (TPSA) is 46.6 Å². The van der Waals surface area contributed by atoms with Gasteiger partial charge in [0, 0.05) is 6.54 Å². The number of benzene rings is 2. The number of nitrogens with zero attached hydrogens (tertiary/aromatic N) is 1. The SMILES string of the molecule is CCc1ccc(N(CC)S(=O)(=O)c2ccc(OC)c(C)c2)cc1. The molecule has 0 aliphatic heterocycles. The lowest BCUT2D eigenvalue weighted by Crippen LogP contribution is -2.30. The number of methoxy groups -OCH3 is 1. The van der Waals surface area contributed by atoms with Gasteiger partial charge in [0.15, 0.2) is 0 Å². The number of hydrogen-bond donors (Lipinski definition) is 0. The molecule has 0 heterocycles. The Morgan fingerprint density at radius 2 is 1.70 bits per heavy atom. The lowest BCUT2D eigenvalue weighted by molar-refractivity contribution is 0.411. The minimum Gasteiger partial charge on any atom is -0.496 e. The maximum atomic E-state index is 13.0. The van der Waals surface area contributed by atoms with Crippen molar-refractivity contribution in [2.45, 2.75) is 32.1 Å². The average molecular weight is 333 g/mol. The van der Waals surface area contributed by atoms with Crippen molar-refractivity contribution in [3.05, 3.63) is 53.6 Å². The zero-order valence-electron chi connectivity index (χ0n) is 14.0. The highest BCUT2D eigenvalue weighted by Crippen LogP contribution is 2.27. The van der Waals surface area contributed by atoms with Crippen molar-refractivity contribution in [3.8, 4) is 5.75 Å². The number of anilines is 1. The van der Waals surface area contributed by atoms with E-state index in [4.69, 9.17) is 4.74 Å². The van der Waals surface area contributed by atoms with Gasteiger partial charge in [-0.15, -0.1) is 0 Å². The van der Waals surface area contributed by atoms with Crippen LogP contribution in [0, 0.1) is 6.92 Å². The zero-order valence-corrected chi connectivity index (χ0v) is 14.9. The maximum Gasteiger partial charge on any atom is 0.264 e. The van der Waals surface area contributed by atoms with Crippen LogP contribution in [0.3, 0.4) is 0 Å². The van der Waals surface area contributed by atoms with Crippen LogP contribution >= 0.6 is 0 Å². The number of sulfonamides is 1. The third-order valence-electron chi connectivity index (χ3n) is 3.87. The van der Waals surface area contributed by atoms with Gasteiger partial charge in [-0.05, 0) is 61.7 Å². The molecule has 0 spiro atoms. The van der Waals surface area contributed by atoms with Gasteiger partial charge in [0.2, 0.25) is 0 Å². The molecule has 124 valence electrons. The van der Waals surface area contributed by atoms with E-state index in [2.05, 4.69) is 6.92 Å². The fourth-order valence-corrected chi connectivity index (χ4v) is 4.09. The van der Waals surface area contributed by atoms with Gasteiger partial charge in [-0.2, -0.15) is 0 Å². The number of aryl methyl sites for hydroxylation is 2. The molecule has 4 nitrogen and oxygen atoms in total. The van der Waals surface area contributed by atoms with Crippen molar-refractivity contribution in [1.29, 1.82) is 0 Å². The molecule has 0 amide bonds. The van der Waals surface area contributed by atoms with Crippen molar-refractivity contribution in [1.82, 2.24) is 0 Å². The molecule has 0 saturated heterocycles. The number of hydrogen-bond acceptors (Lipinski definition) is 3. The molecule has 0 aliphatic rings. The molecule has 0 fully saturated rings. The van der Waals surface area contributed by atoms with Crippen molar-refractivity contribution < 1.29 is 13.2 Å². The summed E-state index contributed by atoms with van der Waals surface area (Å²) in [5.41, 5.74) is 2.66. The third-order valence-corrected chi connectivity index (χ3v) is 5.77. The zero-order chi connectivity index (χ0) is 17.0. The predicted molar refractivity (Wildman–Crippen MR) is 93.8 cm³/mol. The molecule has 0 aromatic heterocycles. The Morgan fingerprint density at radius 1 is 1.04 bits per heavy atom. The Hall–Kier alpha value is -2.01. The highest BCUT2D eigenvalue weighted by Gasteiger charge is 2.24. The summed E-state index contributed by atoms with van der Waals surface area (Å²) in [6.45, 7) is 6.12. The molecule has 0 bridgehead atoms. The Labute approximate surface area is 138 Å². The Bertz CT molecular complexity index is 767. The monoisotopic (exact) mass is 333 g/mol. The van der Waals surface area contributed by atoms with Crippen molar-refractivity contribution in [2.75, 3.05) is 18.0 Å². The molecular formula is C18H23NO3S. The van der Waals surface area contributed by atoms with Crippen molar-refractivity contribution >= 4 is 15.7 Å². The van der Waals surface area contributed by atoms with E-state index >= 15 is 0 Å². The van der Waals surface area contributed by atoms with Gasteiger partial charge in [0.25, 0.3) is 10.0 Å². The Kier molecular flexibility index (Phi) is 5.31. The van der Waals surface area contributed by atoms with E-state index in [9.17, 15) is 8.42 Å². The minimum absolute atomic E-state index is 0.275. The third kappa shape index (κ3) is 3.50. The molecule has 2 aromatic carbocycles. The predicted octanol–water partition coefficient (Wildman–Crippen LogP) is 3.78. The number of rotatable bonds is 6. The molecule has 0 N–H and O–H groups in total. The first-order chi connectivity index (χ1) is 10.9. The maximum absolute atomic E-state index is 13.0. The molecule has 0 aliphatic carbocycles. The van der Waals surface area contributed by atoms with E-state index in [1.807, 2.05) is 38.1 Å². The molecule has 5 heteroatoms. The van der Waals surface area contributed by atoms with Gasteiger partial charge >= 0.3 is 0 Å². The molecule has 2 aromatic rings. The summed E-state index contributed by atoms with van der Waals surface area (Å²) >= 11 is 0. The lowest BCUT2D eigenvalue weighted by Gasteiger charge is -2.23. The molecule has 0 radical (unpaired) electrons. The van der Waals surface area contributed by atoms with E-state index in [0.29, 0.717) is 18.0 Å². The Morgan fingerprint density at radius 3 is 2.17 bits per heavy atom. The van der Waals surface area contributed by atoms with Crippen LogP contribution in [-0.2, 0) is 16.4 Å². The average Bonchev–Trinajstić information content (AvgIpc) is 2.55. The van der Waals surface area contributed by atoms with Gasteiger partial charge < -0.3 is 4.74 Å². The van der Waals surface area contributed by atoms with Crippen molar-refractivity contribution in [3.63, 3.8) is 0 Å². The molecule has 0 atom stereocenters. The summed E-state index contributed by atoms with van der Waals surface area (Å²) in [5, 5.41) is 0. The summed E-state index contributed by atoms with van der Waals surface area (Å²) in [4.78, 5) is 0.275. The lowest BCUT2D eigenvalue weighted by atomic mass is 10.1. The van der Waals surface area contributed by atoms with Gasteiger partial charge in [0.1, 0.15) is 5.75 Å². The van der Waals surface area contributed by atoms with Crippen LogP contribution < -0.4 is 9.04 Å². The van der Waals surface area contributed by atoms with Crippen LogP contribution in [0.15, 0.2) is 47.4 Å². The molecule has 23 heavy (non-hydrogen) atoms. The molecule has 0 saturated carbocycles. The van der Waals surface area contributed by atoms with Crippen LogP contribution in [0.5, 0.6) is 5.75 Å². The van der Waals surface area contributed by atoms with Crippen LogP contribution in [0.4, 0.5) is 5.69 Å². The van der Waals surface area contributed by atoms with E-state index in [-0.39, 0.29) is 4.90 Å². The number of ether oxygens (including phenoxy) is 1. The van der Waals surface area contributed by atoms with Crippen LogP contribution in [-0.4, -0.2) is 22.1 Å². The summed E-state index contributed by atoms with van der Waals surface area (Å²) in [6.07, 6.45) is 0.927. The molecule has 2 rings (SSSR count). The second-order valence-corrected chi connectivity index (χ2v) is 7.18. The Balaban J connectivity index is 2.43. The quantitative estimate of drug-likeness (QED) is 0.808. The highest BCUT2D eigenvalue weighted by atomic mass is 32.2. The van der Waals surface area contributed by atoms with E-state index < -0.39 is 10.0 Å². The largest absolute Gasteiger partial charge is 0.496 e. The normalized spacial score (nSPS) is 11.3. The smallest absolute Gasteiger partial charge is 0.264 e. The summed E-state index contributed by atoms with van der Waals surface area (Å²) in [7, 11) is -2.02. The fraction of sp³-hybridized carbons (Fsp3) is 0.333. The first-order valence-electron chi connectivity index (χ1n) is 7.70. The van der Waals surface area contributed by atoms with Crippen molar-refractivity contribution in [2.24, 2.45) is 0 Å². The second kappa shape index (κ2) is 7.04. The minimum atomic E-state index is -3.59. The van der Waals surface area contributed by atoms with Gasteiger partial charge in [-0.25, -0.2) is 8.42 Å². The summed E-state index contributed by atoms with van der Waals surface area (Å²) in [6, 6.07) is 12.6. The van der Waals surface area contributed by atoms with Crippen LogP contribution in [0.1, 0.15) is 25.0 Å². The first kappa shape index (κ1) is 17.3. The van der Waals surface area contributed by atoms with E-state index in [1.54, 1.807) is 25.3 Å². The molecular weight excluding hydrogens is 310 g/mol. The van der Waals surface area contributed by atoms with Gasteiger partial charge in [-0.1, -0.05) is 19.1 Å². The van der Waals surface area contributed by atoms with E-state index in [1.165, 1.54) is 9.87 Å². The van der Waals surface area contributed by atoms with Crippen LogP contribution in [0.25, 0.3) is 0 Å². The summed E-state index contributed by atoms with van der Waals surface area (Å²) < 4.78 is 32.5. The first-order valence-corrected chi connectivity index (χ1v) is 9.14. The van der Waals surface area contributed by atoms with Gasteiger partial charge in [-0.3, -0.25) is 4.31 Å². The standard InChI is InChI=1S/C18H23NO3S/c1-5-15-7-9-16(10-8-15)19(6-2)23(20,21)17-11-12-18(22-4)14(3)13-17/h7-13H,5-6H2,1-4H3. The molecule has 0 unspecified atom stereocenters. The second-order valence-electron chi connectivity index (χ2n) is 5.32. The van der Waals surface area contributed by atoms with E-state index in [0.717, 1.165) is 12.0 Å². The van der Waals surface area contributed by atoms with Gasteiger partial charge in [0.05, 0.1) is 17.7 Å². The highest BCUT2D eigenvalue weighted by molar-refractivity contribution is 7.92. The fourth-order valence-electron chi connectivity index (χ4n) is 2.53.